The van der Waals surface area contributed by atoms with Crippen LogP contribution in [0.2, 0.25) is 0 Å². The molecule has 0 saturated heterocycles. The molecule has 3 N–H and O–H groups in total. The summed E-state index contributed by atoms with van der Waals surface area (Å²) in [6, 6.07) is 11.2. The molecule has 2 rings (SSSR count). The first kappa shape index (κ1) is 15.8. The van der Waals surface area contributed by atoms with Gasteiger partial charge in [-0.2, -0.15) is 5.10 Å². The van der Waals surface area contributed by atoms with Gasteiger partial charge < -0.3 is 14.9 Å². The van der Waals surface area contributed by atoms with Crippen molar-refractivity contribution in [3.8, 4) is 17.2 Å². The van der Waals surface area contributed by atoms with Gasteiger partial charge in [-0.3, -0.25) is 4.79 Å². The minimum absolute atomic E-state index is 0.0436. The number of phenolic OH excluding ortho intramolecular Hbond substituents is 2. The number of benzene rings is 2. The van der Waals surface area contributed by atoms with E-state index < -0.39 is 5.91 Å². The molecule has 2 aromatic rings. The van der Waals surface area contributed by atoms with Gasteiger partial charge in [0.1, 0.15) is 5.75 Å². The molecule has 0 atom stereocenters. The first-order valence-electron chi connectivity index (χ1n) is 6.27. The van der Waals surface area contributed by atoms with E-state index in [-0.39, 0.29) is 23.9 Å². The zero-order valence-corrected chi connectivity index (χ0v) is 12.9. The fourth-order valence-corrected chi connectivity index (χ4v) is 1.94. The number of hydrogen-bond donors (Lipinski definition) is 3. The van der Waals surface area contributed by atoms with Crippen LogP contribution < -0.4 is 10.2 Å². The Morgan fingerprint density at radius 1 is 1.23 bits per heavy atom. The summed E-state index contributed by atoms with van der Waals surface area (Å²) in [4.78, 5) is 11.6. The quantitative estimate of drug-likeness (QED) is 0.561. The van der Waals surface area contributed by atoms with Gasteiger partial charge in [0.2, 0.25) is 0 Å². The average Bonchev–Trinajstić information content (AvgIpc) is 2.50. The van der Waals surface area contributed by atoms with E-state index >= 15 is 0 Å². The fourth-order valence-electron chi connectivity index (χ4n) is 1.56. The number of amides is 1. The zero-order chi connectivity index (χ0) is 15.9. The highest BCUT2D eigenvalue weighted by molar-refractivity contribution is 9.10. The highest BCUT2D eigenvalue weighted by Gasteiger charge is 2.05. The van der Waals surface area contributed by atoms with Crippen LogP contribution in [0.4, 0.5) is 0 Å². The molecule has 1 amide bonds. The molecule has 6 nitrogen and oxygen atoms in total. The lowest BCUT2D eigenvalue weighted by atomic mass is 10.2. The summed E-state index contributed by atoms with van der Waals surface area (Å²) in [7, 11) is 0. The van der Waals surface area contributed by atoms with Crippen LogP contribution in [0.3, 0.4) is 0 Å². The molecule has 0 fully saturated rings. The van der Waals surface area contributed by atoms with Gasteiger partial charge in [-0.25, -0.2) is 5.43 Å². The minimum Gasteiger partial charge on any atom is -0.507 e. The standard InChI is InChI=1S/C15H13BrN2O4/c16-11-5-6-12(19)10(7-11)8-17-18-15(21)9-22-14-4-2-1-3-13(14)20/h1-8,19-20H,9H2,(H,18,21)/b17-8-. The molecular weight excluding hydrogens is 352 g/mol. The van der Waals surface area contributed by atoms with Gasteiger partial charge in [0.25, 0.3) is 5.91 Å². The molecule has 2 aromatic carbocycles. The summed E-state index contributed by atoms with van der Waals surface area (Å²) in [5.74, 6) is -0.273. The van der Waals surface area contributed by atoms with Crippen molar-refractivity contribution < 1.29 is 19.7 Å². The topological polar surface area (TPSA) is 91.2 Å². The van der Waals surface area contributed by atoms with Crippen molar-refractivity contribution >= 4 is 28.1 Å². The van der Waals surface area contributed by atoms with Crippen molar-refractivity contribution in [2.75, 3.05) is 6.61 Å². The predicted molar refractivity (Wildman–Crippen MR) is 85.1 cm³/mol. The number of phenols is 2. The van der Waals surface area contributed by atoms with Crippen molar-refractivity contribution in [2.45, 2.75) is 0 Å². The van der Waals surface area contributed by atoms with Crippen LogP contribution >= 0.6 is 15.9 Å². The van der Waals surface area contributed by atoms with E-state index in [1.54, 1.807) is 30.3 Å². The molecule has 0 bridgehead atoms. The fraction of sp³-hybridized carbons (Fsp3) is 0.0667. The van der Waals surface area contributed by atoms with E-state index in [4.69, 9.17) is 4.74 Å². The maximum atomic E-state index is 11.6. The third kappa shape index (κ3) is 4.49. The third-order valence-corrected chi connectivity index (χ3v) is 3.10. The summed E-state index contributed by atoms with van der Waals surface area (Å²) in [5, 5.41) is 22.8. The van der Waals surface area contributed by atoms with E-state index in [1.807, 2.05) is 0 Å². The lowest BCUT2D eigenvalue weighted by Crippen LogP contribution is -2.24. The van der Waals surface area contributed by atoms with E-state index in [2.05, 4.69) is 26.5 Å². The molecule has 0 spiro atoms. The van der Waals surface area contributed by atoms with E-state index in [1.165, 1.54) is 18.3 Å². The SMILES string of the molecule is O=C(COc1ccccc1O)N/N=C\c1cc(Br)ccc1O. The summed E-state index contributed by atoms with van der Waals surface area (Å²) in [5.41, 5.74) is 2.72. The Bertz CT molecular complexity index is 704. The average molecular weight is 365 g/mol. The second-order valence-electron chi connectivity index (χ2n) is 4.25. The number of aromatic hydroxyl groups is 2. The normalized spacial score (nSPS) is 10.6. The molecule has 0 heterocycles. The van der Waals surface area contributed by atoms with Crippen LogP contribution in [-0.4, -0.2) is 28.9 Å². The van der Waals surface area contributed by atoms with Gasteiger partial charge >= 0.3 is 0 Å². The molecule has 0 aliphatic rings. The number of carbonyl (C=O) groups is 1. The first-order valence-corrected chi connectivity index (χ1v) is 7.07. The van der Waals surface area contributed by atoms with Crippen molar-refractivity contribution in [1.82, 2.24) is 5.43 Å². The van der Waals surface area contributed by atoms with Crippen LogP contribution in [0.25, 0.3) is 0 Å². The van der Waals surface area contributed by atoms with E-state index in [0.29, 0.717) is 5.56 Å². The van der Waals surface area contributed by atoms with Crippen LogP contribution in [0.1, 0.15) is 5.56 Å². The molecule has 0 radical (unpaired) electrons. The maximum absolute atomic E-state index is 11.6. The van der Waals surface area contributed by atoms with E-state index in [0.717, 1.165) is 4.47 Å². The van der Waals surface area contributed by atoms with Crippen LogP contribution in [0.15, 0.2) is 52.0 Å². The first-order chi connectivity index (χ1) is 10.6. The number of nitrogens with zero attached hydrogens (tertiary/aromatic N) is 1. The second kappa shape index (κ2) is 7.46. The Morgan fingerprint density at radius 3 is 2.77 bits per heavy atom. The molecule has 0 aliphatic carbocycles. The predicted octanol–water partition coefficient (Wildman–Crippen LogP) is 2.39. The number of ether oxygens (including phenoxy) is 1. The highest BCUT2D eigenvalue weighted by atomic mass is 79.9. The summed E-state index contributed by atoms with van der Waals surface area (Å²) < 4.78 is 5.93. The lowest BCUT2D eigenvalue weighted by molar-refractivity contribution is -0.123. The Balaban J connectivity index is 1.86. The monoisotopic (exact) mass is 364 g/mol. The molecule has 0 aromatic heterocycles. The number of halogens is 1. The molecule has 7 heteroatoms. The maximum Gasteiger partial charge on any atom is 0.277 e. The van der Waals surface area contributed by atoms with Gasteiger partial charge in [0, 0.05) is 10.0 Å². The molecule has 114 valence electrons. The van der Waals surface area contributed by atoms with Crippen LogP contribution in [0, 0.1) is 0 Å². The highest BCUT2D eigenvalue weighted by Crippen LogP contribution is 2.24. The number of rotatable bonds is 5. The Labute approximate surface area is 135 Å². The minimum atomic E-state index is -0.492. The van der Waals surface area contributed by atoms with Gasteiger partial charge in [0.15, 0.2) is 18.1 Å². The molecule has 0 aliphatic heterocycles. The number of carbonyl (C=O) groups excluding carboxylic acids is 1. The Kier molecular flexibility index (Phi) is 5.37. The summed E-state index contributed by atoms with van der Waals surface area (Å²) in [6.45, 7) is -0.292. The van der Waals surface area contributed by atoms with Crippen molar-refractivity contribution in [3.63, 3.8) is 0 Å². The largest absolute Gasteiger partial charge is 0.507 e. The van der Waals surface area contributed by atoms with Crippen molar-refractivity contribution in [2.24, 2.45) is 5.10 Å². The molecule has 0 saturated carbocycles. The van der Waals surface area contributed by atoms with Crippen molar-refractivity contribution in [3.05, 3.63) is 52.5 Å². The number of nitrogens with one attached hydrogen (secondary N) is 1. The lowest BCUT2D eigenvalue weighted by Gasteiger charge is -2.06. The third-order valence-electron chi connectivity index (χ3n) is 2.61. The summed E-state index contributed by atoms with van der Waals surface area (Å²) >= 11 is 3.27. The van der Waals surface area contributed by atoms with Gasteiger partial charge in [-0.05, 0) is 30.3 Å². The smallest absolute Gasteiger partial charge is 0.277 e. The van der Waals surface area contributed by atoms with Crippen LogP contribution in [-0.2, 0) is 4.79 Å². The zero-order valence-electron chi connectivity index (χ0n) is 11.4. The molecule has 0 unspecified atom stereocenters. The second-order valence-corrected chi connectivity index (χ2v) is 5.17. The van der Waals surface area contributed by atoms with Crippen molar-refractivity contribution in [1.29, 1.82) is 0 Å². The van der Waals surface area contributed by atoms with Gasteiger partial charge in [-0.1, -0.05) is 28.1 Å². The Morgan fingerprint density at radius 2 is 2.00 bits per heavy atom. The number of hydrogen-bond acceptors (Lipinski definition) is 5. The number of hydrazone groups is 1. The van der Waals surface area contributed by atoms with Gasteiger partial charge in [-0.15, -0.1) is 0 Å². The number of para-hydroxylation sites is 2. The van der Waals surface area contributed by atoms with Gasteiger partial charge in [0.05, 0.1) is 6.21 Å². The molecule has 22 heavy (non-hydrogen) atoms. The van der Waals surface area contributed by atoms with Crippen LogP contribution in [0.5, 0.6) is 17.2 Å². The summed E-state index contributed by atoms with van der Waals surface area (Å²) in [6.07, 6.45) is 1.32. The Hall–Kier alpha value is -2.54. The van der Waals surface area contributed by atoms with E-state index in [9.17, 15) is 15.0 Å². The molecular formula is C15H13BrN2O4.